The Morgan fingerprint density at radius 2 is 1.12 bits per heavy atom. The molecule has 5 aromatic rings. The molecular weight excluding hydrogens is 1530 g/mol. The molecule has 0 radical (unpaired) electrons. The number of aliphatic hydroxyl groups excluding tert-OH is 9. The van der Waals surface area contributed by atoms with Crippen LogP contribution in [0.2, 0.25) is 0 Å². The number of phenolic OH excluding ortho intramolecular Hbond substituents is 3. The summed E-state index contributed by atoms with van der Waals surface area (Å²) in [6.45, 7) is 15.2. The number of nitrogens with zero attached hydrogens (tertiary/aromatic N) is 1. The van der Waals surface area contributed by atoms with Crippen LogP contribution in [0.1, 0.15) is 141 Å². The summed E-state index contributed by atoms with van der Waals surface area (Å²) >= 11 is 0. The molecule has 8 aliphatic rings. The maximum absolute atomic E-state index is 15.6. The smallest absolute Gasteiger partial charge is 0.248 e. The third-order valence-electron chi connectivity index (χ3n) is 22.2. The van der Waals surface area contributed by atoms with E-state index in [1.165, 1.54) is 63.4 Å². The van der Waals surface area contributed by atoms with Crippen molar-refractivity contribution in [2.45, 2.75) is 229 Å². The minimum atomic E-state index is -1.91. The van der Waals surface area contributed by atoms with Crippen LogP contribution >= 0.6 is 0 Å². The number of aliphatic hydroxyl groups is 9. The van der Waals surface area contributed by atoms with Crippen molar-refractivity contribution in [3.8, 4) is 51.4 Å². The molecule has 0 unspecified atom stereocenters. The predicted octanol–water partition coefficient (Wildman–Crippen LogP) is 0.308. The molecule has 3 saturated heterocycles. The molecule has 8 heterocycles. The number of nitrogens with one attached hydrogen (secondary N) is 6. The van der Waals surface area contributed by atoms with Gasteiger partial charge in [0.2, 0.25) is 41.4 Å². The summed E-state index contributed by atoms with van der Waals surface area (Å²) in [4.78, 5) is 118. The molecule has 3 fully saturated rings. The number of aryl methyl sites for hydroxylation is 2. The number of rotatable bonds is 16. The van der Waals surface area contributed by atoms with Crippen LogP contribution in [0.25, 0.3) is 11.1 Å². The minimum Gasteiger partial charge on any atom is -0.508 e. The van der Waals surface area contributed by atoms with Gasteiger partial charge in [-0.3, -0.25) is 43.3 Å². The lowest BCUT2D eigenvalue weighted by molar-refractivity contribution is -0.374. The number of carbonyl (C=O) groups excluding carboxylic acids is 8. The van der Waals surface area contributed by atoms with E-state index in [0.717, 1.165) is 0 Å². The van der Waals surface area contributed by atoms with Gasteiger partial charge in [-0.2, -0.15) is 0 Å². The third kappa shape index (κ3) is 19.3. The molecule has 7 amide bonds. The lowest BCUT2D eigenvalue weighted by Gasteiger charge is -2.48. The van der Waals surface area contributed by atoms with Gasteiger partial charge < -0.3 is 137 Å². The lowest BCUT2D eigenvalue weighted by atomic mass is 9.86. The van der Waals surface area contributed by atoms with Crippen LogP contribution in [0, 0.1) is 39.5 Å². The fraction of sp³-hybridized carbons (Fsp3) is 0.531. The summed E-state index contributed by atoms with van der Waals surface area (Å²) in [5.74, 6) is -10.0. The number of phenols is 3. The van der Waals surface area contributed by atoms with Crippen molar-refractivity contribution in [1.29, 1.82) is 0 Å². The Bertz CT molecular complexity index is 4500. The second-order valence-corrected chi connectivity index (χ2v) is 31.1. The molecule has 638 valence electrons. The summed E-state index contributed by atoms with van der Waals surface area (Å²) in [6.07, 6.45) is -20.5. The molecule has 8 aliphatic heterocycles. The van der Waals surface area contributed by atoms with Crippen LogP contribution in [-0.2, 0) is 66.8 Å². The summed E-state index contributed by atoms with van der Waals surface area (Å²) in [5.41, 5.74) is 7.13. The highest BCUT2D eigenvalue weighted by molar-refractivity contribution is 6.01. The second-order valence-electron chi connectivity index (χ2n) is 31.1. The zero-order chi connectivity index (χ0) is 85.9. The zero-order valence-electron chi connectivity index (χ0n) is 66.8. The molecule has 0 aromatic heterocycles. The second kappa shape index (κ2) is 37.6. The Kier molecular flexibility index (Phi) is 28.8. The van der Waals surface area contributed by atoms with Crippen LogP contribution in [0.3, 0.4) is 0 Å². The SMILES string of the molecule is CC(=O)[C@@H]1NC(=O)[C@H]2NC(=O)[C@H](NC(=O)[C@@H]3NC(=O)[C@H](CC(N)=O)NC(=O)[C@H](NC(=O)[C@@H](CC(C)C)N(C)C)[C@H](O)c4ccc(c(C)c4)Oc4cc3cc(c4C)Oc3ccc(cc3C)[C@H]2C)c2ccc(O)c(c2)-c2c1cc(O)c(C)c2O.CC[C@H]1O[C@@H](O[C@H]2[C@H](O)[C@@H](O)[C@H](O[C@H]3[C@H](O)[C@@H](O)[C@H](OC)O[C@@H]3CO)O[C@@H]2CO)[C@H](C)[C@@H](O)[C@H]1O. The van der Waals surface area contributed by atoms with Crippen molar-refractivity contribution in [3.05, 3.63) is 123 Å². The van der Waals surface area contributed by atoms with E-state index in [1.807, 2.05) is 13.8 Å². The number of hydrogen-bond donors (Lipinski definition) is 19. The Morgan fingerprint density at radius 3 is 1.68 bits per heavy atom. The molecular formula is C81H106N8O28. The van der Waals surface area contributed by atoms with E-state index in [4.69, 9.17) is 43.6 Å². The molecule has 20 N–H and O–H groups in total. The molecule has 36 heteroatoms. The highest BCUT2D eigenvalue weighted by Crippen LogP contribution is 2.48. The molecule has 13 rings (SSSR count). The van der Waals surface area contributed by atoms with Crippen molar-refractivity contribution >= 4 is 47.1 Å². The van der Waals surface area contributed by atoms with Crippen molar-refractivity contribution in [2.24, 2.45) is 17.6 Å². The first-order valence-electron chi connectivity index (χ1n) is 38.4. The summed E-state index contributed by atoms with van der Waals surface area (Å²) in [6, 6.07) is 6.16. The van der Waals surface area contributed by atoms with Gasteiger partial charge in [0.15, 0.2) is 24.7 Å². The number of Topliss-reactive ketones (excluding diaryl/α,β-unsaturated/α-hetero) is 1. The standard InChI is InChI=1S/C60H68N8O14.C21H38O14/c1-25(2)17-39(68(9)10)56(76)67-52-54(74)34-13-16-43(27(4)19-34)82-45-22-35-21-44(30(45)7)81-42-15-12-32(18-26(42)3)28(5)48-57(77)64-49(31(8)69)37-23-41(71)29(6)53(73)47(37)36-20-33(11-14-40(36)70)50(58(78)63-48)66-59(79)51(35)65-55(75)38(24-46(61)72)62-60(52)80;1-4-8-12(25)11(24)7(2)19(31-8)34-17-10(6-23)33-21(16(29)14(17)27)35-18-9(5-22)32-20(30-3)15(28)13(18)26/h11-16,18-23,25,28,38-39,48-52,54,70-71,73-74H,17,24H2,1-10H3,(H2,61,72)(H,62,80)(H,63,78)(H,64,77)(H,65,75)(H,66,79)(H,67,76);7-29H,4-6H2,1-3H3/t28-,38+,39-,48+,49+,50-,51-,52-,54-;7-,8-,9-,10-,11-,12+,13-,14-,15-,16-,17-,18-,19+,20-,21+/m11/s1. The highest BCUT2D eigenvalue weighted by atomic mass is 16.8. The number of fused-ring (bicyclic) bond motifs is 15. The molecule has 117 heavy (non-hydrogen) atoms. The summed E-state index contributed by atoms with van der Waals surface area (Å²) < 4.78 is 46.3. The van der Waals surface area contributed by atoms with Crippen LogP contribution in [0.15, 0.2) is 72.8 Å². The Morgan fingerprint density at radius 1 is 0.581 bits per heavy atom. The number of carbonyl (C=O) groups is 8. The average molecular weight is 1640 g/mol. The number of likely N-dealkylation sites (N-methyl/N-ethyl adjacent to an activating group) is 1. The van der Waals surface area contributed by atoms with Gasteiger partial charge in [-0.15, -0.1) is 0 Å². The van der Waals surface area contributed by atoms with E-state index in [-0.39, 0.29) is 62.1 Å². The first-order valence-corrected chi connectivity index (χ1v) is 38.4. The number of ether oxygens (including phenoxy) is 8. The number of amides is 7. The first kappa shape index (κ1) is 89.8. The molecule has 24 atom stereocenters. The van der Waals surface area contributed by atoms with Gasteiger partial charge in [0, 0.05) is 41.2 Å². The monoisotopic (exact) mass is 1640 g/mol. The van der Waals surface area contributed by atoms with Crippen LogP contribution in [-0.4, -0.2) is 258 Å². The van der Waals surface area contributed by atoms with Gasteiger partial charge in [0.1, 0.15) is 138 Å². The van der Waals surface area contributed by atoms with Gasteiger partial charge in [-0.05, 0) is 155 Å². The van der Waals surface area contributed by atoms with Crippen LogP contribution in [0.4, 0.5) is 0 Å². The Labute approximate surface area is 673 Å². The first-order chi connectivity index (χ1) is 55.2. The molecule has 0 saturated carbocycles. The normalized spacial score (nSPS) is 31.0. The van der Waals surface area contributed by atoms with Crippen molar-refractivity contribution in [3.63, 3.8) is 0 Å². The molecule has 0 aliphatic carbocycles. The maximum atomic E-state index is 15.6. The van der Waals surface area contributed by atoms with Crippen molar-refractivity contribution in [1.82, 2.24) is 36.8 Å². The van der Waals surface area contributed by atoms with E-state index in [1.54, 1.807) is 90.9 Å². The highest BCUT2D eigenvalue weighted by Gasteiger charge is 2.54. The van der Waals surface area contributed by atoms with Crippen LogP contribution in [0.5, 0.6) is 40.2 Å². The minimum absolute atomic E-state index is 0.0276. The topological polar surface area (TPSA) is 555 Å². The molecule has 11 bridgehead atoms. The van der Waals surface area contributed by atoms with E-state index in [0.29, 0.717) is 40.8 Å². The quantitative estimate of drug-likeness (QED) is 0.0632. The number of aromatic hydroxyl groups is 3. The van der Waals surface area contributed by atoms with E-state index >= 15 is 9.59 Å². The summed E-state index contributed by atoms with van der Waals surface area (Å²) in [5, 5.41) is 145. The number of ketones is 1. The number of benzene rings is 5. The van der Waals surface area contributed by atoms with Gasteiger partial charge in [0.05, 0.1) is 37.9 Å². The molecule has 36 nitrogen and oxygen atoms in total. The largest absolute Gasteiger partial charge is 0.508 e. The fourth-order valence-corrected chi connectivity index (χ4v) is 15.1. The summed E-state index contributed by atoms with van der Waals surface area (Å²) in [7, 11) is 4.61. The Balaban J connectivity index is 0.000000343. The third-order valence-corrected chi connectivity index (χ3v) is 22.2. The van der Waals surface area contributed by atoms with E-state index in [2.05, 4.69) is 31.9 Å². The van der Waals surface area contributed by atoms with Gasteiger partial charge in [-0.1, -0.05) is 58.9 Å². The zero-order valence-corrected chi connectivity index (χ0v) is 66.8. The molecule has 0 spiro atoms. The lowest BCUT2D eigenvalue weighted by Crippen LogP contribution is -2.66. The van der Waals surface area contributed by atoms with E-state index in [9.17, 15) is 90.0 Å². The van der Waals surface area contributed by atoms with Gasteiger partial charge in [-0.25, -0.2) is 0 Å². The number of methoxy groups -OCH3 is 1. The van der Waals surface area contributed by atoms with Gasteiger partial charge in [0.25, 0.3) is 0 Å². The van der Waals surface area contributed by atoms with Crippen molar-refractivity contribution in [2.75, 3.05) is 34.4 Å². The molecule has 5 aromatic carbocycles. The number of hydrogen-bond acceptors (Lipinski definition) is 29. The maximum Gasteiger partial charge on any atom is 0.248 e. The van der Waals surface area contributed by atoms with E-state index < -0.39 is 230 Å². The average Bonchev–Trinajstić information content (AvgIpc) is 0.764. The fourth-order valence-electron chi connectivity index (χ4n) is 15.1. The van der Waals surface area contributed by atoms with Gasteiger partial charge >= 0.3 is 0 Å². The Hall–Kier alpha value is -9.58. The number of nitrogens with two attached hydrogens (primary N) is 1. The number of primary amides is 1. The van der Waals surface area contributed by atoms with Crippen molar-refractivity contribution < 1.29 is 138 Å². The van der Waals surface area contributed by atoms with Crippen LogP contribution < -0.4 is 47.1 Å². The predicted molar refractivity (Wildman–Crippen MR) is 411 cm³/mol.